The fourth-order valence-corrected chi connectivity index (χ4v) is 2.17. The van der Waals surface area contributed by atoms with Gasteiger partial charge >= 0.3 is 6.18 Å². The number of carbonyl (C=O) groups is 1. The van der Waals surface area contributed by atoms with Crippen LogP contribution in [0.25, 0.3) is 0 Å². The van der Waals surface area contributed by atoms with Crippen LogP contribution in [0.3, 0.4) is 0 Å². The van der Waals surface area contributed by atoms with Crippen LogP contribution < -0.4 is 0 Å². The lowest BCUT2D eigenvalue weighted by atomic mass is 10.1. The number of pyridine rings is 1. The molecule has 2 nitrogen and oxygen atoms in total. The molecule has 1 rings (SSSR count). The van der Waals surface area contributed by atoms with Gasteiger partial charge in [0.05, 0.1) is 0 Å². The monoisotopic (exact) mass is 301 g/mol. The number of unbranched alkanes of at least 4 members (excludes halogenated alkanes) is 6. The van der Waals surface area contributed by atoms with Crippen LogP contribution >= 0.6 is 0 Å². The Labute approximate surface area is 123 Å². The number of carbonyl (C=O) groups excluding carboxylic acids is 1. The first-order valence-corrected chi connectivity index (χ1v) is 7.48. The van der Waals surface area contributed by atoms with E-state index < -0.39 is 12.6 Å². The highest BCUT2D eigenvalue weighted by atomic mass is 19.4. The quantitative estimate of drug-likeness (QED) is 0.443. The normalized spacial score (nSPS) is 11.6. The number of rotatable bonds is 10. The molecular formula is C16H22F3NO. The molecule has 0 radical (unpaired) electrons. The standard InChI is InChI=1S/C16H22F3NO/c17-16(18,19)11-7-5-3-1-2-4-6-8-15-10-9-14(13-21)12-20-15/h9-10,12-13H,1-8,11H2. The highest BCUT2D eigenvalue weighted by Gasteiger charge is 2.25. The van der Waals surface area contributed by atoms with Crippen LogP contribution in [0.15, 0.2) is 18.3 Å². The predicted molar refractivity (Wildman–Crippen MR) is 76.3 cm³/mol. The third-order valence-electron chi connectivity index (χ3n) is 3.38. The summed E-state index contributed by atoms with van der Waals surface area (Å²) in [6.45, 7) is 0. The summed E-state index contributed by atoms with van der Waals surface area (Å²) in [4.78, 5) is 14.7. The average Bonchev–Trinajstić information content (AvgIpc) is 2.45. The third kappa shape index (κ3) is 9.21. The first kappa shape index (κ1) is 17.7. The van der Waals surface area contributed by atoms with Gasteiger partial charge in [-0.05, 0) is 31.4 Å². The van der Waals surface area contributed by atoms with Crippen molar-refractivity contribution < 1.29 is 18.0 Å². The molecule has 0 aromatic carbocycles. The molecular weight excluding hydrogens is 279 g/mol. The summed E-state index contributed by atoms with van der Waals surface area (Å²) in [5, 5.41) is 0. The summed E-state index contributed by atoms with van der Waals surface area (Å²) in [6, 6.07) is 3.62. The van der Waals surface area contributed by atoms with Gasteiger partial charge in [-0.2, -0.15) is 13.2 Å². The van der Waals surface area contributed by atoms with Gasteiger partial charge in [-0.3, -0.25) is 9.78 Å². The van der Waals surface area contributed by atoms with Gasteiger partial charge in [0.2, 0.25) is 0 Å². The Morgan fingerprint density at radius 2 is 1.57 bits per heavy atom. The van der Waals surface area contributed by atoms with E-state index in [0.717, 1.165) is 50.5 Å². The van der Waals surface area contributed by atoms with Crippen molar-refractivity contribution in [2.75, 3.05) is 0 Å². The molecule has 0 atom stereocenters. The Hall–Kier alpha value is -1.39. The lowest BCUT2D eigenvalue weighted by Crippen LogP contribution is -2.06. The Bertz CT molecular complexity index is 401. The van der Waals surface area contributed by atoms with Crippen LogP contribution in [0.5, 0.6) is 0 Å². The maximum atomic E-state index is 11.9. The van der Waals surface area contributed by atoms with Crippen molar-refractivity contribution in [3.63, 3.8) is 0 Å². The van der Waals surface area contributed by atoms with E-state index in [0.29, 0.717) is 12.0 Å². The van der Waals surface area contributed by atoms with Gasteiger partial charge in [0.15, 0.2) is 6.29 Å². The Kier molecular flexibility index (Phi) is 8.01. The van der Waals surface area contributed by atoms with Gasteiger partial charge < -0.3 is 0 Å². The Morgan fingerprint density at radius 3 is 2.10 bits per heavy atom. The van der Waals surface area contributed by atoms with Crippen molar-refractivity contribution in [3.8, 4) is 0 Å². The van der Waals surface area contributed by atoms with E-state index in [1.54, 1.807) is 12.3 Å². The summed E-state index contributed by atoms with van der Waals surface area (Å²) in [6.07, 6.45) is 4.49. The van der Waals surface area contributed by atoms with Gasteiger partial charge in [0.1, 0.15) is 0 Å². The largest absolute Gasteiger partial charge is 0.389 e. The molecule has 21 heavy (non-hydrogen) atoms. The minimum Gasteiger partial charge on any atom is -0.298 e. The lowest BCUT2D eigenvalue weighted by molar-refractivity contribution is -0.135. The van der Waals surface area contributed by atoms with Gasteiger partial charge in [-0.15, -0.1) is 0 Å². The number of hydrogen-bond acceptors (Lipinski definition) is 2. The highest BCUT2D eigenvalue weighted by molar-refractivity contribution is 5.73. The fraction of sp³-hybridized carbons (Fsp3) is 0.625. The van der Waals surface area contributed by atoms with Crippen molar-refractivity contribution in [2.24, 2.45) is 0 Å². The SMILES string of the molecule is O=Cc1ccc(CCCCCCCCCC(F)(F)F)nc1. The average molecular weight is 301 g/mol. The van der Waals surface area contributed by atoms with Crippen LogP contribution in [0.2, 0.25) is 0 Å². The molecule has 0 unspecified atom stereocenters. The minimum absolute atomic E-state index is 0.247. The number of aldehydes is 1. The number of hydrogen-bond donors (Lipinski definition) is 0. The van der Waals surface area contributed by atoms with E-state index in [9.17, 15) is 18.0 Å². The number of aromatic nitrogens is 1. The molecule has 1 aromatic heterocycles. The minimum atomic E-state index is -4.01. The molecule has 1 heterocycles. The zero-order valence-corrected chi connectivity index (χ0v) is 12.2. The molecule has 0 bridgehead atoms. The summed E-state index contributed by atoms with van der Waals surface area (Å²) in [5.74, 6) is 0. The van der Waals surface area contributed by atoms with Crippen molar-refractivity contribution in [3.05, 3.63) is 29.6 Å². The maximum absolute atomic E-state index is 11.9. The topological polar surface area (TPSA) is 30.0 Å². The van der Waals surface area contributed by atoms with Gasteiger partial charge in [0, 0.05) is 23.9 Å². The molecule has 0 spiro atoms. The number of aryl methyl sites for hydroxylation is 1. The third-order valence-corrected chi connectivity index (χ3v) is 3.38. The predicted octanol–water partition coefficient (Wildman–Crippen LogP) is 5.12. The summed E-state index contributed by atoms with van der Waals surface area (Å²) >= 11 is 0. The Balaban J connectivity index is 1.96. The van der Waals surface area contributed by atoms with Gasteiger partial charge in [0.25, 0.3) is 0 Å². The van der Waals surface area contributed by atoms with Crippen molar-refractivity contribution in [1.82, 2.24) is 4.98 Å². The first-order valence-electron chi connectivity index (χ1n) is 7.48. The Morgan fingerprint density at radius 1 is 0.952 bits per heavy atom. The van der Waals surface area contributed by atoms with E-state index in [2.05, 4.69) is 4.98 Å². The number of halogens is 3. The number of nitrogens with zero attached hydrogens (tertiary/aromatic N) is 1. The second kappa shape index (κ2) is 9.53. The van der Waals surface area contributed by atoms with E-state index in [1.165, 1.54) is 0 Å². The van der Waals surface area contributed by atoms with Gasteiger partial charge in [-0.25, -0.2) is 0 Å². The van der Waals surface area contributed by atoms with E-state index in [4.69, 9.17) is 0 Å². The fourth-order valence-electron chi connectivity index (χ4n) is 2.17. The van der Waals surface area contributed by atoms with Crippen molar-refractivity contribution >= 4 is 6.29 Å². The summed E-state index contributed by atoms with van der Waals surface area (Å²) < 4.78 is 35.7. The molecule has 0 N–H and O–H groups in total. The smallest absolute Gasteiger partial charge is 0.298 e. The molecule has 0 aliphatic carbocycles. The second-order valence-corrected chi connectivity index (χ2v) is 5.29. The van der Waals surface area contributed by atoms with E-state index in [1.807, 2.05) is 6.07 Å². The zero-order valence-electron chi connectivity index (χ0n) is 12.2. The molecule has 0 saturated heterocycles. The molecule has 0 aliphatic rings. The summed E-state index contributed by atoms with van der Waals surface area (Å²) in [5.41, 5.74) is 1.56. The van der Waals surface area contributed by atoms with Crippen LogP contribution in [0, 0.1) is 0 Å². The van der Waals surface area contributed by atoms with Crippen LogP contribution in [-0.2, 0) is 6.42 Å². The van der Waals surface area contributed by atoms with E-state index in [-0.39, 0.29) is 6.42 Å². The molecule has 5 heteroatoms. The zero-order chi connectivity index (χ0) is 15.6. The molecule has 1 aromatic rings. The van der Waals surface area contributed by atoms with Crippen LogP contribution in [0.1, 0.15) is 67.4 Å². The molecule has 0 saturated carbocycles. The molecule has 118 valence electrons. The highest BCUT2D eigenvalue weighted by Crippen LogP contribution is 2.23. The molecule has 0 fully saturated rings. The first-order chi connectivity index (χ1) is 10.0. The van der Waals surface area contributed by atoms with Crippen molar-refractivity contribution in [2.45, 2.75) is 64.0 Å². The molecule has 0 aliphatic heterocycles. The van der Waals surface area contributed by atoms with Crippen molar-refractivity contribution in [1.29, 1.82) is 0 Å². The van der Waals surface area contributed by atoms with E-state index >= 15 is 0 Å². The lowest BCUT2D eigenvalue weighted by Gasteiger charge is -2.05. The summed E-state index contributed by atoms with van der Waals surface area (Å²) in [7, 11) is 0. The second-order valence-electron chi connectivity index (χ2n) is 5.29. The molecule has 0 amide bonds. The maximum Gasteiger partial charge on any atom is 0.389 e. The number of alkyl halides is 3. The van der Waals surface area contributed by atoms with Gasteiger partial charge in [-0.1, -0.05) is 32.1 Å². The van der Waals surface area contributed by atoms with Crippen LogP contribution in [-0.4, -0.2) is 17.4 Å². The van der Waals surface area contributed by atoms with Crippen LogP contribution in [0.4, 0.5) is 13.2 Å².